The number of hydrogen-bond donors (Lipinski definition) is 1. The summed E-state index contributed by atoms with van der Waals surface area (Å²) in [6, 6.07) is 13.9. The monoisotopic (exact) mass is 515 g/mol. The van der Waals surface area contributed by atoms with E-state index in [2.05, 4.69) is 47.4 Å². The van der Waals surface area contributed by atoms with E-state index in [4.69, 9.17) is 4.74 Å². The lowest BCUT2D eigenvalue weighted by molar-refractivity contribution is 0.0732. The molecule has 29 heavy (non-hydrogen) atoms. The number of aromatic nitrogens is 1. The van der Waals surface area contributed by atoms with E-state index >= 15 is 0 Å². The topological polar surface area (TPSA) is 80.6 Å². The molecule has 0 bridgehead atoms. The minimum Gasteiger partial charge on any atom is -0.421 e. The second kappa shape index (κ2) is 9.58. The van der Waals surface area contributed by atoms with E-state index in [1.807, 2.05) is 13.0 Å². The molecule has 0 aliphatic carbocycles. The lowest BCUT2D eigenvalue weighted by atomic mass is 10.1. The lowest BCUT2D eigenvalue weighted by Crippen LogP contribution is -2.18. The van der Waals surface area contributed by atoms with E-state index in [0.717, 1.165) is 10.0 Å². The SMILES string of the molecule is Cc1cccc(C(=O)Oc2c(Br)cc(Br)cc2C=NNC(=O)c2cccnc2)c1. The van der Waals surface area contributed by atoms with Gasteiger partial charge in [-0.2, -0.15) is 5.10 Å². The lowest BCUT2D eigenvalue weighted by Gasteiger charge is -2.11. The van der Waals surface area contributed by atoms with E-state index in [1.165, 1.54) is 12.4 Å². The molecule has 0 atom stereocenters. The number of rotatable bonds is 5. The summed E-state index contributed by atoms with van der Waals surface area (Å²) in [5.74, 6) is -0.605. The Bertz CT molecular complexity index is 1090. The number of ether oxygens (including phenoxy) is 1. The molecule has 0 spiro atoms. The van der Waals surface area contributed by atoms with Crippen molar-refractivity contribution in [3.8, 4) is 5.75 Å². The Labute approximate surface area is 184 Å². The molecule has 1 N–H and O–H groups in total. The van der Waals surface area contributed by atoms with Crippen LogP contribution in [0.1, 0.15) is 31.8 Å². The second-order valence-electron chi connectivity index (χ2n) is 6.01. The highest BCUT2D eigenvalue weighted by Crippen LogP contribution is 2.32. The summed E-state index contributed by atoms with van der Waals surface area (Å²) >= 11 is 6.80. The summed E-state index contributed by atoms with van der Waals surface area (Å²) in [4.78, 5) is 28.5. The molecule has 0 aliphatic heterocycles. The highest BCUT2D eigenvalue weighted by Gasteiger charge is 2.15. The maximum absolute atomic E-state index is 12.5. The number of carbonyl (C=O) groups excluding carboxylic acids is 2. The highest BCUT2D eigenvalue weighted by molar-refractivity contribution is 9.11. The third-order valence-corrected chi connectivity index (χ3v) is 4.83. The number of hydrogen-bond acceptors (Lipinski definition) is 5. The Morgan fingerprint density at radius 2 is 1.90 bits per heavy atom. The highest BCUT2D eigenvalue weighted by atomic mass is 79.9. The van der Waals surface area contributed by atoms with E-state index in [0.29, 0.717) is 26.9 Å². The van der Waals surface area contributed by atoms with Crippen LogP contribution in [0.3, 0.4) is 0 Å². The molecule has 3 rings (SSSR count). The van der Waals surface area contributed by atoms with Gasteiger partial charge in [0.2, 0.25) is 0 Å². The average Bonchev–Trinajstić information content (AvgIpc) is 2.71. The number of pyridine rings is 1. The van der Waals surface area contributed by atoms with Gasteiger partial charge in [0.15, 0.2) is 5.75 Å². The smallest absolute Gasteiger partial charge is 0.343 e. The number of aryl methyl sites for hydroxylation is 1. The number of halogens is 2. The van der Waals surface area contributed by atoms with Gasteiger partial charge >= 0.3 is 5.97 Å². The molecule has 0 saturated heterocycles. The first-order valence-corrected chi connectivity index (χ1v) is 10.0. The summed E-state index contributed by atoms with van der Waals surface area (Å²) in [5.41, 5.74) is 4.70. The predicted octanol–water partition coefficient (Wildman–Crippen LogP) is 4.90. The van der Waals surface area contributed by atoms with Crippen molar-refractivity contribution in [1.29, 1.82) is 0 Å². The summed E-state index contributed by atoms with van der Waals surface area (Å²) < 4.78 is 6.91. The molecular weight excluding hydrogens is 502 g/mol. The van der Waals surface area contributed by atoms with Crippen molar-refractivity contribution < 1.29 is 14.3 Å². The van der Waals surface area contributed by atoms with Gasteiger partial charge in [-0.15, -0.1) is 0 Å². The largest absolute Gasteiger partial charge is 0.421 e. The first-order valence-electron chi connectivity index (χ1n) is 8.45. The van der Waals surface area contributed by atoms with E-state index in [-0.39, 0.29) is 0 Å². The molecule has 0 fully saturated rings. The van der Waals surface area contributed by atoms with Crippen molar-refractivity contribution in [1.82, 2.24) is 10.4 Å². The van der Waals surface area contributed by atoms with Gasteiger partial charge < -0.3 is 4.74 Å². The maximum Gasteiger partial charge on any atom is 0.343 e. The summed E-state index contributed by atoms with van der Waals surface area (Å²) in [6.07, 6.45) is 4.42. The van der Waals surface area contributed by atoms with Crippen molar-refractivity contribution in [3.05, 3.63) is 92.1 Å². The number of nitrogens with one attached hydrogen (secondary N) is 1. The molecule has 1 heterocycles. The van der Waals surface area contributed by atoms with Crippen molar-refractivity contribution in [3.63, 3.8) is 0 Å². The van der Waals surface area contributed by atoms with Gasteiger partial charge in [-0.3, -0.25) is 9.78 Å². The Morgan fingerprint density at radius 3 is 2.62 bits per heavy atom. The minimum absolute atomic E-state index is 0.291. The van der Waals surface area contributed by atoms with Crippen molar-refractivity contribution in [2.75, 3.05) is 0 Å². The maximum atomic E-state index is 12.5. The fraction of sp³-hybridized carbons (Fsp3) is 0.0476. The van der Waals surface area contributed by atoms with Crippen LogP contribution in [0, 0.1) is 6.92 Å². The molecule has 0 aliphatic rings. The molecule has 0 unspecified atom stereocenters. The minimum atomic E-state index is -0.495. The van der Waals surface area contributed by atoms with E-state index in [1.54, 1.807) is 48.7 Å². The summed E-state index contributed by atoms with van der Waals surface area (Å²) in [6.45, 7) is 1.90. The Kier molecular flexibility index (Phi) is 6.90. The number of amides is 1. The fourth-order valence-corrected chi connectivity index (χ4v) is 3.77. The third kappa shape index (κ3) is 5.58. The molecule has 1 amide bonds. The van der Waals surface area contributed by atoms with Crippen LogP contribution in [0.4, 0.5) is 0 Å². The first-order chi connectivity index (χ1) is 13.9. The van der Waals surface area contributed by atoms with E-state index < -0.39 is 11.9 Å². The number of nitrogens with zero attached hydrogens (tertiary/aromatic N) is 2. The molecule has 0 radical (unpaired) electrons. The third-order valence-electron chi connectivity index (χ3n) is 3.78. The number of benzene rings is 2. The van der Waals surface area contributed by atoms with Gasteiger partial charge in [0.05, 0.1) is 21.8 Å². The van der Waals surface area contributed by atoms with Gasteiger partial charge in [0, 0.05) is 22.4 Å². The Morgan fingerprint density at radius 1 is 1.10 bits per heavy atom. The van der Waals surface area contributed by atoms with Crippen molar-refractivity contribution in [2.45, 2.75) is 6.92 Å². The van der Waals surface area contributed by atoms with Crippen molar-refractivity contribution in [2.24, 2.45) is 5.10 Å². The first kappa shape index (κ1) is 20.9. The second-order valence-corrected chi connectivity index (χ2v) is 7.78. The average molecular weight is 517 g/mol. The Balaban J connectivity index is 1.81. The predicted molar refractivity (Wildman–Crippen MR) is 117 cm³/mol. The standard InChI is InChI=1S/C21H15Br2N3O3/c1-13-4-2-5-14(8-13)21(28)29-19-16(9-17(22)10-18(19)23)12-25-26-20(27)15-6-3-7-24-11-15/h2-12H,1H3,(H,26,27). The molecule has 146 valence electrons. The number of carbonyl (C=O) groups is 2. The molecule has 6 nitrogen and oxygen atoms in total. The molecule has 0 saturated carbocycles. The van der Waals surface area contributed by atoms with Crippen LogP contribution in [0.15, 0.2) is 75.0 Å². The molecule has 3 aromatic rings. The van der Waals surface area contributed by atoms with Crippen LogP contribution in [0.2, 0.25) is 0 Å². The van der Waals surface area contributed by atoms with Crippen molar-refractivity contribution >= 4 is 50.0 Å². The van der Waals surface area contributed by atoms with Gasteiger partial charge in [-0.05, 0) is 59.3 Å². The zero-order valence-corrected chi connectivity index (χ0v) is 18.4. The van der Waals surface area contributed by atoms with Gasteiger partial charge in [-0.25, -0.2) is 10.2 Å². The number of esters is 1. The van der Waals surface area contributed by atoms with Crippen LogP contribution in [0.25, 0.3) is 0 Å². The molecule has 1 aromatic heterocycles. The Hall–Kier alpha value is -2.84. The molecular formula is C21H15Br2N3O3. The van der Waals surface area contributed by atoms with Crippen LogP contribution in [-0.2, 0) is 0 Å². The normalized spacial score (nSPS) is 10.7. The molecule has 2 aromatic carbocycles. The number of hydrazone groups is 1. The van der Waals surface area contributed by atoms with Crippen LogP contribution < -0.4 is 10.2 Å². The summed E-state index contributed by atoms with van der Waals surface area (Å²) in [7, 11) is 0. The van der Waals surface area contributed by atoms with E-state index in [9.17, 15) is 9.59 Å². The zero-order chi connectivity index (χ0) is 20.8. The molecule has 8 heteroatoms. The van der Waals surface area contributed by atoms with Gasteiger partial charge in [0.25, 0.3) is 5.91 Å². The van der Waals surface area contributed by atoms with Gasteiger partial charge in [-0.1, -0.05) is 33.6 Å². The summed E-state index contributed by atoms with van der Waals surface area (Å²) in [5, 5.41) is 3.97. The van der Waals surface area contributed by atoms with Gasteiger partial charge in [0.1, 0.15) is 0 Å². The fourth-order valence-electron chi connectivity index (χ4n) is 2.43. The van der Waals surface area contributed by atoms with Crippen LogP contribution in [0.5, 0.6) is 5.75 Å². The quantitative estimate of drug-likeness (QED) is 0.226. The van der Waals surface area contributed by atoms with Crippen LogP contribution in [-0.4, -0.2) is 23.1 Å². The van der Waals surface area contributed by atoms with Crippen LogP contribution >= 0.6 is 31.9 Å². The zero-order valence-electron chi connectivity index (χ0n) is 15.2.